The van der Waals surface area contributed by atoms with Crippen molar-refractivity contribution < 1.29 is 0 Å². The molecule has 0 unspecified atom stereocenters. The van der Waals surface area contributed by atoms with E-state index >= 15 is 0 Å². The first-order chi connectivity index (χ1) is 9.74. The van der Waals surface area contributed by atoms with Crippen molar-refractivity contribution in [2.75, 3.05) is 36.0 Å². The molecule has 1 aliphatic heterocycles. The Bertz CT molecular complexity index is 649. The zero-order valence-corrected chi connectivity index (χ0v) is 11.7. The van der Waals surface area contributed by atoms with Gasteiger partial charge in [-0.15, -0.1) is 0 Å². The van der Waals surface area contributed by atoms with E-state index in [2.05, 4.69) is 20.9 Å². The normalized spacial score (nSPS) is 15.4. The molecule has 1 fully saturated rings. The number of hydrogen-bond acceptors (Lipinski definition) is 4. The Morgan fingerprint density at radius 1 is 1.15 bits per heavy atom. The number of rotatable bonds is 2. The predicted octanol–water partition coefficient (Wildman–Crippen LogP) is 1.75. The number of aromatic amines is 1. The monoisotopic (exact) mass is 290 g/mol. The third-order valence-corrected chi connectivity index (χ3v) is 3.68. The molecule has 104 valence electrons. The summed E-state index contributed by atoms with van der Waals surface area (Å²) in [6.07, 6.45) is 3.16. The molecule has 1 aliphatic rings. The number of halogens is 1. The van der Waals surface area contributed by atoms with E-state index in [0.717, 1.165) is 36.9 Å². The molecule has 0 spiro atoms. The Kier molecular flexibility index (Phi) is 3.60. The molecule has 0 radical (unpaired) electrons. The lowest BCUT2D eigenvalue weighted by molar-refractivity contribution is 0.644. The van der Waals surface area contributed by atoms with Crippen LogP contribution >= 0.6 is 11.6 Å². The maximum atomic E-state index is 11.7. The Hall–Kier alpha value is -2.01. The summed E-state index contributed by atoms with van der Waals surface area (Å²) >= 11 is 6.02. The van der Waals surface area contributed by atoms with Gasteiger partial charge in [-0.25, -0.2) is 4.98 Å². The lowest BCUT2D eigenvalue weighted by atomic mass is 10.2. The number of anilines is 2. The van der Waals surface area contributed by atoms with Crippen molar-refractivity contribution in [3.63, 3.8) is 0 Å². The van der Waals surface area contributed by atoms with Crippen molar-refractivity contribution in [1.82, 2.24) is 9.97 Å². The summed E-state index contributed by atoms with van der Waals surface area (Å²) in [5.41, 5.74) is 0.982. The summed E-state index contributed by atoms with van der Waals surface area (Å²) in [5.74, 6) is 0.498. The van der Waals surface area contributed by atoms with E-state index in [4.69, 9.17) is 11.6 Å². The van der Waals surface area contributed by atoms with Crippen LogP contribution in [0.15, 0.2) is 41.5 Å². The summed E-state index contributed by atoms with van der Waals surface area (Å²) in [7, 11) is 0. The van der Waals surface area contributed by atoms with E-state index in [1.165, 1.54) is 0 Å². The van der Waals surface area contributed by atoms with E-state index < -0.39 is 0 Å². The summed E-state index contributed by atoms with van der Waals surface area (Å²) in [6, 6.07) is 7.84. The van der Waals surface area contributed by atoms with Crippen molar-refractivity contribution in [3.8, 4) is 0 Å². The van der Waals surface area contributed by atoms with Gasteiger partial charge in [0.05, 0.1) is 0 Å². The van der Waals surface area contributed by atoms with Crippen molar-refractivity contribution in [3.05, 3.63) is 52.0 Å². The van der Waals surface area contributed by atoms with Crippen LogP contribution in [0.2, 0.25) is 5.02 Å². The average Bonchev–Trinajstić information content (AvgIpc) is 2.48. The van der Waals surface area contributed by atoms with Gasteiger partial charge in [0.1, 0.15) is 0 Å². The SMILES string of the molecule is O=c1[nH]ccnc1N1CCN(c2cccc(Cl)c2)CC1. The summed E-state index contributed by atoms with van der Waals surface area (Å²) < 4.78 is 0. The fourth-order valence-corrected chi connectivity index (χ4v) is 2.60. The summed E-state index contributed by atoms with van der Waals surface area (Å²) in [6.45, 7) is 3.23. The first-order valence-electron chi connectivity index (χ1n) is 6.53. The second-order valence-corrected chi connectivity index (χ2v) is 5.13. The third kappa shape index (κ3) is 2.63. The van der Waals surface area contributed by atoms with E-state index in [1.807, 2.05) is 23.1 Å². The highest BCUT2D eigenvalue weighted by Gasteiger charge is 2.20. The van der Waals surface area contributed by atoms with Crippen molar-refractivity contribution in [1.29, 1.82) is 0 Å². The predicted molar refractivity (Wildman–Crippen MR) is 80.7 cm³/mol. The Labute approximate surface area is 121 Å². The molecule has 1 saturated heterocycles. The van der Waals surface area contributed by atoms with Crippen LogP contribution in [0.4, 0.5) is 11.5 Å². The van der Waals surface area contributed by atoms with Gasteiger partial charge in [0, 0.05) is 49.3 Å². The Morgan fingerprint density at radius 2 is 1.90 bits per heavy atom. The molecule has 5 nitrogen and oxygen atoms in total. The van der Waals surface area contributed by atoms with E-state index in [1.54, 1.807) is 12.4 Å². The van der Waals surface area contributed by atoms with Crippen LogP contribution in [0.1, 0.15) is 0 Å². The molecule has 0 saturated carbocycles. The van der Waals surface area contributed by atoms with Crippen LogP contribution in [0, 0.1) is 0 Å². The maximum absolute atomic E-state index is 11.7. The van der Waals surface area contributed by atoms with Crippen LogP contribution in [-0.2, 0) is 0 Å². The summed E-state index contributed by atoms with van der Waals surface area (Å²) in [4.78, 5) is 22.8. The molecule has 6 heteroatoms. The molecule has 1 N–H and O–H groups in total. The van der Waals surface area contributed by atoms with Gasteiger partial charge in [-0.3, -0.25) is 4.79 Å². The van der Waals surface area contributed by atoms with Gasteiger partial charge in [-0.2, -0.15) is 0 Å². The molecule has 0 bridgehead atoms. The fraction of sp³-hybridized carbons (Fsp3) is 0.286. The van der Waals surface area contributed by atoms with Gasteiger partial charge in [0.15, 0.2) is 5.82 Å². The molecule has 2 aromatic rings. The molecule has 0 aliphatic carbocycles. The minimum absolute atomic E-state index is 0.135. The standard InChI is InChI=1S/C14H15ClN4O/c15-11-2-1-3-12(10-11)18-6-8-19(9-7-18)13-14(20)17-5-4-16-13/h1-5,10H,6-9H2,(H,17,20). The molecular weight excluding hydrogens is 276 g/mol. The van der Waals surface area contributed by atoms with Gasteiger partial charge < -0.3 is 14.8 Å². The molecular formula is C14H15ClN4O. The topological polar surface area (TPSA) is 52.2 Å². The second kappa shape index (κ2) is 5.54. The second-order valence-electron chi connectivity index (χ2n) is 4.70. The smallest absolute Gasteiger partial charge is 0.290 e. The van der Waals surface area contributed by atoms with Crippen LogP contribution < -0.4 is 15.4 Å². The zero-order valence-electron chi connectivity index (χ0n) is 10.9. The van der Waals surface area contributed by atoms with Crippen LogP contribution in [-0.4, -0.2) is 36.1 Å². The molecule has 0 amide bonds. The third-order valence-electron chi connectivity index (χ3n) is 3.44. The highest BCUT2D eigenvalue weighted by atomic mass is 35.5. The van der Waals surface area contributed by atoms with Gasteiger partial charge in [-0.1, -0.05) is 17.7 Å². The number of H-pyrrole nitrogens is 1. The molecule has 0 atom stereocenters. The molecule has 3 rings (SSSR count). The highest BCUT2D eigenvalue weighted by Crippen LogP contribution is 2.21. The lowest BCUT2D eigenvalue weighted by Gasteiger charge is -2.36. The zero-order chi connectivity index (χ0) is 13.9. The highest BCUT2D eigenvalue weighted by molar-refractivity contribution is 6.30. The Morgan fingerprint density at radius 3 is 2.60 bits per heavy atom. The van der Waals surface area contributed by atoms with Gasteiger partial charge in [-0.05, 0) is 18.2 Å². The minimum Gasteiger partial charge on any atom is -0.368 e. The quantitative estimate of drug-likeness (QED) is 0.915. The van der Waals surface area contributed by atoms with Gasteiger partial charge >= 0.3 is 0 Å². The molecule has 20 heavy (non-hydrogen) atoms. The maximum Gasteiger partial charge on any atom is 0.290 e. The largest absolute Gasteiger partial charge is 0.368 e. The first kappa shape index (κ1) is 13.0. The number of benzene rings is 1. The van der Waals surface area contributed by atoms with E-state index in [0.29, 0.717) is 5.82 Å². The molecule has 2 heterocycles. The van der Waals surface area contributed by atoms with E-state index in [9.17, 15) is 4.79 Å². The van der Waals surface area contributed by atoms with Gasteiger partial charge in [0.25, 0.3) is 5.56 Å². The van der Waals surface area contributed by atoms with Gasteiger partial charge in [0.2, 0.25) is 0 Å². The number of piperazine rings is 1. The lowest BCUT2D eigenvalue weighted by Crippen LogP contribution is -2.48. The average molecular weight is 291 g/mol. The fourth-order valence-electron chi connectivity index (χ4n) is 2.42. The van der Waals surface area contributed by atoms with Crippen molar-refractivity contribution in [2.24, 2.45) is 0 Å². The van der Waals surface area contributed by atoms with Crippen LogP contribution in [0.25, 0.3) is 0 Å². The van der Waals surface area contributed by atoms with Crippen molar-refractivity contribution in [2.45, 2.75) is 0 Å². The Balaban J connectivity index is 1.71. The van der Waals surface area contributed by atoms with Crippen molar-refractivity contribution >= 4 is 23.1 Å². The molecule has 1 aromatic heterocycles. The minimum atomic E-state index is -0.135. The van der Waals surface area contributed by atoms with E-state index in [-0.39, 0.29) is 5.56 Å². The number of nitrogens with zero attached hydrogens (tertiary/aromatic N) is 3. The summed E-state index contributed by atoms with van der Waals surface area (Å²) in [5, 5.41) is 0.742. The van der Waals surface area contributed by atoms with Crippen LogP contribution in [0.5, 0.6) is 0 Å². The van der Waals surface area contributed by atoms with Crippen LogP contribution in [0.3, 0.4) is 0 Å². The number of aromatic nitrogens is 2. The number of nitrogens with one attached hydrogen (secondary N) is 1. The first-order valence-corrected chi connectivity index (χ1v) is 6.91. The number of hydrogen-bond donors (Lipinski definition) is 1. The molecule has 1 aromatic carbocycles.